The number of benzene rings is 1. The summed E-state index contributed by atoms with van der Waals surface area (Å²) in [5.41, 5.74) is 1.47. The van der Waals surface area contributed by atoms with Crippen LogP contribution in [0.25, 0.3) is 10.9 Å². The first-order valence-electron chi connectivity index (χ1n) is 7.24. The molecular formula is C17H21BrN2O2S. The molecule has 6 heteroatoms. The molecule has 23 heavy (non-hydrogen) atoms. The third-order valence-corrected chi connectivity index (χ3v) is 5.33. The predicted molar refractivity (Wildman–Crippen MR) is 100 cm³/mol. The van der Waals surface area contributed by atoms with E-state index in [-0.39, 0.29) is 12.2 Å². The molecule has 0 aliphatic carbocycles. The number of carbonyl (C=O) groups is 1. The quantitative estimate of drug-likeness (QED) is 0.521. The van der Waals surface area contributed by atoms with Gasteiger partial charge in [0.05, 0.1) is 23.9 Å². The van der Waals surface area contributed by atoms with Gasteiger partial charge in [0.1, 0.15) is 13.2 Å². The van der Waals surface area contributed by atoms with Crippen molar-refractivity contribution in [2.75, 3.05) is 31.1 Å². The number of carbonyl (C=O) groups excluding carboxylic acids is 1. The van der Waals surface area contributed by atoms with Crippen molar-refractivity contribution in [3.8, 4) is 6.07 Å². The van der Waals surface area contributed by atoms with Crippen LogP contribution in [0.3, 0.4) is 0 Å². The molecule has 1 aromatic carbocycles. The third kappa shape index (κ3) is 4.84. The molecule has 2 rings (SSSR count). The number of hydrogen-bond donors (Lipinski definition) is 0. The van der Waals surface area contributed by atoms with Crippen LogP contribution in [0.1, 0.15) is 16.9 Å². The molecule has 0 N–H and O–H groups in total. The maximum Gasteiger partial charge on any atom is 0.193 e. The van der Waals surface area contributed by atoms with Gasteiger partial charge in [0.25, 0.3) is 0 Å². The minimum atomic E-state index is -0.599. The number of ether oxygens (including phenoxy) is 1. The van der Waals surface area contributed by atoms with Crippen LogP contribution in [-0.2, 0) is 11.5 Å². The van der Waals surface area contributed by atoms with Gasteiger partial charge in [-0.15, -0.1) is 0 Å². The monoisotopic (exact) mass is 396 g/mol. The van der Waals surface area contributed by atoms with E-state index in [1.165, 1.54) is 0 Å². The summed E-state index contributed by atoms with van der Waals surface area (Å²) in [5.74, 6) is 0.851. The smallest absolute Gasteiger partial charge is 0.193 e. The van der Waals surface area contributed by atoms with Crippen molar-refractivity contribution < 1.29 is 9.53 Å². The number of rotatable bonds is 7. The van der Waals surface area contributed by atoms with Crippen molar-refractivity contribution in [2.24, 2.45) is 0 Å². The molecule has 2 aromatic rings. The Balaban J connectivity index is 2.26. The summed E-state index contributed by atoms with van der Waals surface area (Å²) in [7, 11) is -0.599. The number of nitriles is 1. The maximum atomic E-state index is 12.2. The van der Waals surface area contributed by atoms with E-state index >= 15 is 0 Å². The van der Waals surface area contributed by atoms with Crippen LogP contribution in [0, 0.1) is 11.3 Å². The Kier molecular flexibility index (Phi) is 5.90. The van der Waals surface area contributed by atoms with Crippen molar-refractivity contribution in [2.45, 2.75) is 13.2 Å². The Morgan fingerprint density at radius 3 is 2.74 bits per heavy atom. The molecule has 0 atom stereocenters. The van der Waals surface area contributed by atoms with Crippen LogP contribution in [0.2, 0.25) is 0 Å². The van der Waals surface area contributed by atoms with Crippen LogP contribution in [-0.4, -0.2) is 41.5 Å². The number of fused-ring (bicyclic) bond motifs is 1. The highest BCUT2D eigenvalue weighted by molar-refractivity contribution is 9.10. The average molecular weight is 397 g/mol. The number of ketones is 1. The zero-order chi connectivity index (χ0) is 17.0. The molecule has 0 bridgehead atoms. The van der Waals surface area contributed by atoms with Crippen molar-refractivity contribution in [3.05, 3.63) is 34.4 Å². The van der Waals surface area contributed by atoms with Gasteiger partial charge in [-0.25, -0.2) is 10.0 Å². The fourth-order valence-corrected chi connectivity index (χ4v) is 3.24. The van der Waals surface area contributed by atoms with Crippen molar-refractivity contribution in [1.82, 2.24) is 4.57 Å². The lowest BCUT2D eigenvalue weighted by molar-refractivity contribution is 0.0846. The van der Waals surface area contributed by atoms with Gasteiger partial charge in [0.2, 0.25) is 0 Å². The van der Waals surface area contributed by atoms with Gasteiger partial charge in [-0.1, -0.05) is 15.9 Å². The van der Waals surface area contributed by atoms with Crippen LogP contribution >= 0.6 is 26.0 Å². The minimum Gasteiger partial charge on any atom is -0.360 e. The van der Waals surface area contributed by atoms with E-state index in [1.807, 2.05) is 34.9 Å². The molecule has 0 spiro atoms. The van der Waals surface area contributed by atoms with E-state index in [2.05, 4.69) is 34.7 Å². The van der Waals surface area contributed by atoms with E-state index in [9.17, 15) is 4.79 Å². The molecule has 1 aromatic heterocycles. The second kappa shape index (κ2) is 7.52. The zero-order valence-electron chi connectivity index (χ0n) is 13.6. The first-order chi connectivity index (χ1) is 10.8. The number of halogens is 1. The molecule has 1 heterocycles. The van der Waals surface area contributed by atoms with Crippen molar-refractivity contribution in [3.63, 3.8) is 0 Å². The SMILES string of the molecule is CS(C)(C)CCOCn1c(C(=O)CC#N)cc2cc(Br)ccc21. The van der Waals surface area contributed by atoms with Crippen LogP contribution in [0.15, 0.2) is 28.7 Å². The molecule has 0 saturated carbocycles. The van der Waals surface area contributed by atoms with E-state index in [1.54, 1.807) is 0 Å². The first-order valence-corrected chi connectivity index (χ1v) is 11.1. The molecule has 0 amide bonds. The van der Waals surface area contributed by atoms with Crippen molar-refractivity contribution >= 4 is 42.6 Å². The molecule has 0 unspecified atom stereocenters. The lowest BCUT2D eigenvalue weighted by atomic mass is 10.2. The number of hydrogen-bond acceptors (Lipinski definition) is 3. The van der Waals surface area contributed by atoms with E-state index < -0.39 is 10.0 Å². The Bertz CT molecular complexity index is 756. The van der Waals surface area contributed by atoms with Gasteiger partial charge in [-0.3, -0.25) is 4.79 Å². The highest BCUT2D eigenvalue weighted by atomic mass is 79.9. The summed E-state index contributed by atoms with van der Waals surface area (Å²) in [5, 5.41) is 9.76. The molecule has 0 aliphatic rings. The molecule has 124 valence electrons. The van der Waals surface area contributed by atoms with Gasteiger partial charge < -0.3 is 9.30 Å². The highest BCUT2D eigenvalue weighted by Crippen LogP contribution is 2.33. The number of nitrogens with zero attached hydrogens (tertiary/aromatic N) is 2. The third-order valence-electron chi connectivity index (χ3n) is 3.45. The normalized spacial score (nSPS) is 12.3. The van der Waals surface area contributed by atoms with Gasteiger partial charge >= 0.3 is 0 Å². The fourth-order valence-electron chi connectivity index (χ4n) is 2.24. The molecule has 0 aliphatic heterocycles. The largest absolute Gasteiger partial charge is 0.360 e. The molecule has 4 nitrogen and oxygen atoms in total. The fraction of sp³-hybridized carbons (Fsp3) is 0.412. The molecular weight excluding hydrogens is 376 g/mol. The first kappa shape index (κ1) is 18.1. The molecule has 0 saturated heterocycles. The van der Waals surface area contributed by atoms with Crippen LogP contribution in [0.5, 0.6) is 0 Å². The topological polar surface area (TPSA) is 55.0 Å². The summed E-state index contributed by atoms with van der Waals surface area (Å²) < 4.78 is 8.62. The second-order valence-electron chi connectivity index (χ2n) is 6.25. The highest BCUT2D eigenvalue weighted by Gasteiger charge is 2.16. The Labute approximate surface area is 146 Å². The second-order valence-corrected chi connectivity index (χ2v) is 11.8. The van der Waals surface area contributed by atoms with E-state index in [4.69, 9.17) is 10.00 Å². The summed E-state index contributed by atoms with van der Waals surface area (Å²) in [4.78, 5) is 12.2. The standard InChI is InChI=1S/C17H21BrN2O2S/c1-23(2,3)9-8-22-12-20-15-5-4-14(18)10-13(15)11-16(20)17(21)6-7-19/h4-5,10-11H,6,8-9,12H2,1-3H3. The lowest BCUT2D eigenvalue weighted by Crippen LogP contribution is -2.13. The van der Waals surface area contributed by atoms with Gasteiger partial charge in [0.15, 0.2) is 5.78 Å². The Morgan fingerprint density at radius 2 is 2.09 bits per heavy atom. The molecule has 0 fully saturated rings. The van der Waals surface area contributed by atoms with Crippen molar-refractivity contribution in [1.29, 1.82) is 5.26 Å². The van der Waals surface area contributed by atoms with Crippen LogP contribution < -0.4 is 0 Å². The maximum absolute atomic E-state index is 12.2. The number of aromatic nitrogens is 1. The van der Waals surface area contributed by atoms with Gasteiger partial charge in [-0.05, 0) is 43.0 Å². The minimum absolute atomic E-state index is 0.121. The Morgan fingerprint density at radius 1 is 1.35 bits per heavy atom. The predicted octanol–water partition coefficient (Wildman–Crippen LogP) is 4.17. The van der Waals surface area contributed by atoms with Crippen LogP contribution in [0.4, 0.5) is 0 Å². The van der Waals surface area contributed by atoms with E-state index in [0.717, 1.165) is 21.1 Å². The summed E-state index contributed by atoms with van der Waals surface area (Å²) >= 11 is 3.44. The Hall–Kier alpha value is -1.29. The number of Topliss-reactive ketones (excluding diaryl/α,β-unsaturated/α-hetero) is 1. The van der Waals surface area contributed by atoms with Gasteiger partial charge in [0, 0.05) is 15.6 Å². The molecule has 0 radical (unpaired) electrons. The van der Waals surface area contributed by atoms with Gasteiger partial charge in [-0.2, -0.15) is 5.26 Å². The average Bonchev–Trinajstić information content (AvgIpc) is 2.80. The summed E-state index contributed by atoms with van der Waals surface area (Å²) in [6.07, 6.45) is 6.63. The lowest BCUT2D eigenvalue weighted by Gasteiger charge is -2.24. The van der Waals surface area contributed by atoms with E-state index in [0.29, 0.717) is 19.0 Å². The summed E-state index contributed by atoms with van der Waals surface area (Å²) in [6, 6.07) is 9.62. The summed E-state index contributed by atoms with van der Waals surface area (Å²) in [6.45, 7) is 0.994. The zero-order valence-corrected chi connectivity index (χ0v) is 16.0.